The van der Waals surface area contributed by atoms with Gasteiger partial charge in [-0.1, -0.05) is 42.5 Å². The Kier molecular flexibility index (Phi) is 3.26. The molecule has 1 heterocycles. The van der Waals surface area contributed by atoms with Gasteiger partial charge < -0.3 is 10.5 Å². The Balaban J connectivity index is 1.93. The van der Waals surface area contributed by atoms with Crippen LogP contribution in [-0.2, 0) is 12.8 Å². The molecule has 1 unspecified atom stereocenters. The molecule has 2 aromatic rings. The molecule has 0 aromatic heterocycles. The molecule has 3 rings (SSSR count). The fraction of sp³-hybridized carbons (Fsp3) is 0.294. The molecule has 1 atom stereocenters. The third-order valence-corrected chi connectivity index (χ3v) is 3.54. The van der Waals surface area contributed by atoms with Gasteiger partial charge in [-0.15, -0.1) is 0 Å². The Morgan fingerprint density at radius 1 is 1.16 bits per heavy atom. The molecule has 0 spiro atoms. The molecule has 0 amide bonds. The molecular weight excluding hydrogens is 234 g/mol. The molecular formula is C17H19NO. The van der Waals surface area contributed by atoms with Crippen LogP contribution in [0.2, 0.25) is 0 Å². The zero-order valence-corrected chi connectivity index (χ0v) is 11.2. The largest absolute Gasteiger partial charge is 0.492 e. The number of nitrogens with two attached hydrogens (primary N) is 1. The molecule has 0 aliphatic carbocycles. The van der Waals surface area contributed by atoms with Gasteiger partial charge in [-0.3, -0.25) is 0 Å². The highest BCUT2D eigenvalue weighted by Gasteiger charge is 2.16. The Hall–Kier alpha value is -1.80. The summed E-state index contributed by atoms with van der Waals surface area (Å²) < 4.78 is 5.76. The predicted octanol–water partition coefficient (Wildman–Crippen LogP) is 3.18. The van der Waals surface area contributed by atoms with Gasteiger partial charge in [0.2, 0.25) is 0 Å². The third kappa shape index (κ3) is 2.49. The van der Waals surface area contributed by atoms with Gasteiger partial charge in [0, 0.05) is 18.0 Å². The van der Waals surface area contributed by atoms with Crippen molar-refractivity contribution in [3.8, 4) is 16.9 Å². The van der Waals surface area contributed by atoms with E-state index in [2.05, 4.69) is 42.5 Å². The van der Waals surface area contributed by atoms with E-state index in [-0.39, 0.29) is 6.04 Å². The van der Waals surface area contributed by atoms with E-state index in [0.29, 0.717) is 0 Å². The molecule has 0 saturated heterocycles. The summed E-state index contributed by atoms with van der Waals surface area (Å²) in [5.74, 6) is 1.06. The summed E-state index contributed by atoms with van der Waals surface area (Å²) in [6.07, 6.45) is 1.94. The summed E-state index contributed by atoms with van der Waals surface area (Å²) in [5, 5.41) is 0. The Morgan fingerprint density at radius 2 is 1.95 bits per heavy atom. The topological polar surface area (TPSA) is 35.2 Å². The molecule has 19 heavy (non-hydrogen) atoms. The van der Waals surface area contributed by atoms with Crippen LogP contribution in [0.25, 0.3) is 11.1 Å². The Morgan fingerprint density at radius 3 is 2.68 bits per heavy atom. The van der Waals surface area contributed by atoms with Gasteiger partial charge in [0.05, 0.1) is 6.61 Å². The second-order valence-electron chi connectivity index (χ2n) is 5.27. The fourth-order valence-electron chi connectivity index (χ4n) is 2.63. The van der Waals surface area contributed by atoms with Crippen molar-refractivity contribution in [1.82, 2.24) is 0 Å². The summed E-state index contributed by atoms with van der Waals surface area (Å²) in [6.45, 7) is 2.83. The van der Waals surface area contributed by atoms with Crippen LogP contribution >= 0.6 is 0 Å². The van der Waals surface area contributed by atoms with E-state index in [9.17, 15) is 0 Å². The molecule has 0 saturated carbocycles. The monoisotopic (exact) mass is 253 g/mol. The number of ether oxygens (including phenoxy) is 1. The summed E-state index contributed by atoms with van der Waals surface area (Å²) in [7, 11) is 0. The van der Waals surface area contributed by atoms with Crippen molar-refractivity contribution in [2.45, 2.75) is 25.8 Å². The molecule has 0 bridgehead atoms. The maximum atomic E-state index is 5.83. The molecule has 2 aromatic carbocycles. The number of benzene rings is 2. The van der Waals surface area contributed by atoms with Gasteiger partial charge in [-0.25, -0.2) is 0 Å². The van der Waals surface area contributed by atoms with Gasteiger partial charge >= 0.3 is 0 Å². The van der Waals surface area contributed by atoms with Crippen LogP contribution in [0.1, 0.15) is 18.1 Å². The number of hydrogen-bond donors (Lipinski definition) is 1. The van der Waals surface area contributed by atoms with E-state index >= 15 is 0 Å². The van der Waals surface area contributed by atoms with Crippen molar-refractivity contribution in [2.75, 3.05) is 6.61 Å². The van der Waals surface area contributed by atoms with Crippen molar-refractivity contribution in [2.24, 2.45) is 5.73 Å². The van der Waals surface area contributed by atoms with Gasteiger partial charge in [0.15, 0.2) is 0 Å². The highest BCUT2D eigenvalue weighted by Crippen LogP contribution is 2.36. The van der Waals surface area contributed by atoms with Crippen molar-refractivity contribution in [3.05, 3.63) is 53.6 Å². The van der Waals surface area contributed by atoms with Crippen molar-refractivity contribution >= 4 is 0 Å². The van der Waals surface area contributed by atoms with E-state index in [1.807, 2.05) is 6.92 Å². The fourth-order valence-corrected chi connectivity index (χ4v) is 2.63. The van der Waals surface area contributed by atoms with Crippen LogP contribution in [0.3, 0.4) is 0 Å². The number of fused-ring (bicyclic) bond motifs is 1. The lowest BCUT2D eigenvalue weighted by atomic mass is 9.99. The molecule has 0 fully saturated rings. The second-order valence-corrected chi connectivity index (χ2v) is 5.27. The average Bonchev–Trinajstić information content (AvgIpc) is 2.87. The molecule has 2 N–H and O–H groups in total. The van der Waals surface area contributed by atoms with Gasteiger partial charge in [0.25, 0.3) is 0 Å². The van der Waals surface area contributed by atoms with Crippen LogP contribution in [0.5, 0.6) is 5.75 Å². The van der Waals surface area contributed by atoms with Crippen molar-refractivity contribution in [3.63, 3.8) is 0 Å². The molecule has 98 valence electrons. The lowest BCUT2D eigenvalue weighted by molar-refractivity contribution is 0.358. The smallest absolute Gasteiger partial charge is 0.130 e. The third-order valence-electron chi connectivity index (χ3n) is 3.54. The number of para-hydroxylation sites is 1. The highest BCUT2D eigenvalue weighted by atomic mass is 16.5. The molecule has 1 aliphatic rings. The number of hydrogen-bond acceptors (Lipinski definition) is 2. The minimum atomic E-state index is 0.204. The summed E-state index contributed by atoms with van der Waals surface area (Å²) in [4.78, 5) is 0. The van der Waals surface area contributed by atoms with Crippen LogP contribution in [-0.4, -0.2) is 12.6 Å². The van der Waals surface area contributed by atoms with E-state index in [4.69, 9.17) is 10.5 Å². The minimum absolute atomic E-state index is 0.204. The van der Waals surface area contributed by atoms with E-state index in [0.717, 1.165) is 25.2 Å². The molecule has 2 nitrogen and oxygen atoms in total. The Bertz CT molecular complexity index is 572. The Labute approximate surface area is 114 Å². The first-order chi connectivity index (χ1) is 9.24. The van der Waals surface area contributed by atoms with Gasteiger partial charge in [-0.2, -0.15) is 0 Å². The quantitative estimate of drug-likeness (QED) is 0.911. The first-order valence-corrected chi connectivity index (χ1v) is 6.83. The van der Waals surface area contributed by atoms with Crippen molar-refractivity contribution < 1.29 is 4.74 Å². The first kappa shape index (κ1) is 12.2. The molecule has 0 radical (unpaired) electrons. The van der Waals surface area contributed by atoms with Gasteiger partial charge in [-0.05, 0) is 30.0 Å². The lowest BCUT2D eigenvalue weighted by Gasteiger charge is -2.10. The summed E-state index contributed by atoms with van der Waals surface area (Å²) in [6, 6.07) is 15.2. The van der Waals surface area contributed by atoms with Crippen LogP contribution in [0.15, 0.2) is 42.5 Å². The van der Waals surface area contributed by atoms with E-state index in [1.54, 1.807) is 0 Å². The average molecular weight is 253 g/mol. The zero-order chi connectivity index (χ0) is 13.2. The number of rotatable bonds is 3. The van der Waals surface area contributed by atoms with Crippen LogP contribution in [0, 0.1) is 0 Å². The van der Waals surface area contributed by atoms with Gasteiger partial charge in [0.1, 0.15) is 5.75 Å². The molecule has 2 heteroatoms. The normalized spacial score (nSPS) is 14.8. The highest BCUT2D eigenvalue weighted by molar-refractivity contribution is 5.73. The maximum absolute atomic E-state index is 5.83. The zero-order valence-electron chi connectivity index (χ0n) is 11.2. The molecule has 1 aliphatic heterocycles. The lowest BCUT2D eigenvalue weighted by Crippen LogP contribution is -2.17. The summed E-state index contributed by atoms with van der Waals surface area (Å²) in [5.41, 5.74) is 10.8. The predicted molar refractivity (Wildman–Crippen MR) is 78.4 cm³/mol. The minimum Gasteiger partial charge on any atom is -0.492 e. The van der Waals surface area contributed by atoms with E-state index in [1.165, 1.54) is 22.3 Å². The van der Waals surface area contributed by atoms with Crippen molar-refractivity contribution in [1.29, 1.82) is 0 Å². The maximum Gasteiger partial charge on any atom is 0.130 e. The standard InChI is InChI=1S/C17H19NO/c1-12(18)11-13-5-7-14(8-6-13)16-4-2-3-15-9-10-19-17(15)16/h2-8,12H,9-11,18H2,1H3. The van der Waals surface area contributed by atoms with Crippen LogP contribution < -0.4 is 10.5 Å². The summed E-state index contributed by atoms with van der Waals surface area (Å²) >= 11 is 0. The second kappa shape index (κ2) is 5.06. The van der Waals surface area contributed by atoms with Crippen LogP contribution in [0.4, 0.5) is 0 Å². The first-order valence-electron chi connectivity index (χ1n) is 6.83. The van der Waals surface area contributed by atoms with E-state index < -0.39 is 0 Å². The SMILES string of the molecule is CC(N)Cc1ccc(-c2cccc3c2OCC3)cc1.